The first kappa shape index (κ1) is 15.2. The SMILES string of the molecule is CCCCCC/C(=N\N=C(N)N)c1ccccc1C. The summed E-state index contributed by atoms with van der Waals surface area (Å²) < 4.78 is 0. The normalized spacial score (nSPS) is 11.4. The van der Waals surface area contributed by atoms with Crippen molar-refractivity contribution in [3.63, 3.8) is 0 Å². The molecule has 0 amide bonds. The van der Waals surface area contributed by atoms with E-state index in [1.54, 1.807) is 0 Å². The van der Waals surface area contributed by atoms with Gasteiger partial charge in [0.05, 0.1) is 5.71 Å². The van der Waals surface area contributed by atoms with Crippen molar-refractivity contribution in [3.05, 3.63) is 35.4 Å². The van der Waals surface area contributed by atoms with Crippen molar-refractivity contribution in [2.45, 2.75) is 46.0 Å². The van der Waals surface area contributed by atoms with Crippen LogP contribution in [0.2, 0.25) is 0 Å². The average molecular weight is 260 g/mol. The number of unbranched alkanes of at least 4 members (excludes halogenated alkanes) is 3. The minimum Gasteiger partial charge on any atom is -0.369 e. The average Bonchev–Trinajstić information content (AvgIpc) is 2.39. The van der Waals surface area contributed by atoms with Gasteiger partial charge in [0.1, 0.15) is 0 Å². The van der Waals surface area contributed by atoms with Crippen LogP contribution < -0.4 is 11.5 Å². The molecule has 0 heterocycles. The minimum absolute atomic E-state index is 0.000331. The van der Waals surface area contributed by atoms with E-state index < -0.39 is 0 Å². The fourth-order valence-electron chi connectivity index (χ4n) is 1.97. The highest BCUT2D eigenvalue weighted by molar-refractivity contribution is 6.02. The lowest BCUT2D eigenvalue weighted by Gasteiger charge is -2.08. The number of nitrogens with zero attached hydrogens (tertiary/aromatic N) is 2. The van der Waals surface area contributed by atoms with Crippen molar-refractivity contribution in [2.24, 2.45) is 21.7 Å². The molecule has 4 N–H and O–H groups in total. The smallest absolute Gasteiger partial charge is 0.211 e. The van der Waals surface area contributed by atoms with Crippen molar-refractivity contribution in [1.82, 2.24) is 0 Å². The first-order chi connectivity index (χ1) is 9.15. The molecule has 0 atom stereocenters. The van der Waals surface area contributed by atoms with E-state index >= 15 is 0 Å². The molecule has 1 aromatic carbocycles. The Morgan fingerprint density at radius 3 is 2.42 bits per heavy atom. The molecule has 0 aliphatic carbocycles. The predicted octanol–water partition coefficient (Wildman–Crippen LogP) is 2.94. The monoisotopic (exact) mass is 260 g/mol. The highest BCUT2D eigenvalue weighted by Gasteiger charge is 2.06. The molecule has 0 spiro atoms. The second kappa shape index (κ2) is 8.29. The lowest BCUT2D eigenvalue weighted by molar-refractivity contribution is 0.682. The van der Waals surface area contributed by atoms with Gasteiger partial charge in [0.15, 0.2) is 0 Å². The van der Waals surface area contributed by atoms with Crippen LogP contribution in [0, 0.1) is 6.92 Å². The molecule has 0 radical (unpaired) electrons. The van der Waals surface area contributed by atoms with E-state index in [1.165, 1.54) is 24.8 Å². The zero-order valence-corrected chi connectivity index (χ0v) is 11.9. The van der Waals surface area contributed by atoms with Crippen molar-refractivity contribution >= 4 is 11.7 Å². The standard InChI is InChI=1S/C15H24N4/c1-3-4-5-6-11-14(18-19-15(16)17)13-10-8-7-9-12(13)2/h7-10H,3-6,11H2,1-2H3,(H4,16,17,19)/b18-14+. The quantitative estimate of drug-likeness (QED) is 0.342. The van der Waals surface area contributed by atoms with E-state index in [4.69, 9.17) is 11.5 Å². The minimum atomic E-state index is -0.000331. The van der Waals surface area contributed by atoms with Gasteiger partial charge in [-0.2, -0.15) is 5.10 Å². The van der Waals surface area contributed by atoms with Gasteiger partial charge in [-0.1, -0.05) is 50.5 Å². The number of nitrogens with two attached hydrogens (primary N) is 2. The third-order valence-corrected chi connectivity index (χ3v) is 3.01. The number of guanidine groups is 1. The number of hydrogen-bond donors (Lipinski definition) is 2. The molecule has 0 fully saturated rings. The molecule has 0 saturated heterocycles. The second-order valence-electron chi connectivity index (χ2n) is 4.70. The van der Waals surface area contributed by atoms with E-state index in [-0.39, 0.29) is 5.96 Å². The largest absolute Gasteiger partial charge is 0.369 e. The molecule has 19 heavy (non-hydrogen) atoms. The molecular weight excluding hydrogens is 236 g/mol. The fraction of sp³-hybridized carbons (Fsp3) is 0.467. The second-order valence-corrected chi connectivity index (χ2v) is 4.70. The van der Waals surface area contributed by atoms with Gasteiger partial charge < -0.3 is 11.5 Å². The zero-order valence-electron chi connectivity index (χ0n) is 11.9. The molecule has 104 valence electrons. The van der Waals surface area contributed by atoms with Crippen LogP contribution in [0.25, 0.3) is 0 Å². The summed E-state index contributed by atoms with van der Waals surface area (Å²) in [5.41, 5.74) is 14.0. The van der Waals surface area contributed by atoms with Gasteiger partial charge in [0.25, 0.3) is 0 Å². The zero-order chi connectivity index (χ0) is 14.1. The van der Waals surface area contributed by atoms with Crippen molar-refractivity contribution in [2.75, 3.05) is 0 Å². The summed E-state index contributed by atoms with van der Waals surface area (Å²) in [7, 11) is 0. The van der Waals surface area contributed by atoms with Crippen LogP contribution in [-0.4, -0.2) is 11.7 Å². The maximum Gasteiger partial charge on any atom is 0.211 e. The van der Waals surface area contributed by atoms with Crippen LogP contribution in [0.15, 0.2) is 34.5 Å². The predicted molar refractivity (Wildman–Crippen MR) is 82.3 cm³/mol. The van der Waals surface area contributed by atoms with E-state index in [1.807, 2.05) is 12.1 Å². The number of hydrogen-bond acceptors (Lipinski definition) is 2. The summed E-state index contributed by atoms with van der Waals surface area (Å²) in [4.78, 5) is 0. The van der Waals surface area contributed by atoms with Crippen LogP contribution in [0.1, 0.15) is 50.2 Å². The van der Waals surface area contributed by atoms with E-state index in [0.717, 1.165) is 24.1 Å². The van der Waals surface area contributed by atoms with Crippen LogP contribution in [0.5, 0.6) is 0 Å². The van der Waals surface area contributed by atoms with Crippen molar-refractivity contribution < 1.29 is 0 Å². The van der Waals surface area contributed by atoms with Crippen LogP contribution in [-0.2, 0) is 0 Å². The summed E-state index contributed by atoms with van der Waals surface area (Å²) in [5, 5.41) is 8.01. The van der Waals surface area contributed by atoms with Gasteiger partial charge in [-0.05, 0) is 25.3 Å². The Morgan fingerprint density at radius 1 is 1.05 bits per heavy atom. The Hall–Kier alpha value is -1.84. The summed E-state index contributed by atoms with van der Waals surface area (Å²) >= 11 is 0. The third-order valence-electron chi connectivity index (χ3n) is 3.01. The Kier molecular flexibility index (Phi) is 6.64. The van der Waals surface area contributed by atoms with Crippen molar-refractivity contribution in [1.29, 1.82) is 0 Å². The molecule has 0 aliphatic rings. The van der Waals surface area contributed by atoms with Gasteiger partial charge in [-0.3, -0.25) is 0 Å². The van der Waals surface area contributed by atoms with Gasteiger partial charge in [0.2, 0.25) is 5.96 Å². The molecule has 0 saturated carbocycles. The lowest BCUT2D eigenvalue weighted by atomic mass is 9.99. The third kappa shape index (κ3) is 5.55. The number of aryl methyl sites for hydroxylation is 1. The molecule has 4 heteroatoms. The highest BCUT2D eigenvalue weighted by Crippen LogP contribution is 2.14. The van der Waals surface area contributed by atoms with Crippen molar-refractivity contribution in [3.8, 4) is 0 Å². The van der Waals surface area contributed by atoms with Crippen LogP contribution in [0.3, 0.4) is 0 Å². The molecule has 1 rings (SSSR count). The maximum atomic E-state index is 5.35. The van der Waals surface area contributed by atoms with Crippen LogP contribution >= 0.6 is 0 Å². The van der Waals surface area contributed by atoms with Gasteiger partial charge >= 0.3 is 0 Å². The maximum absolute atomic E-state index is 5.35. The number of benzene rings is 1. The van der Waals surface area contributed by atoms with Crippen LogP contribution in [0.4, 0.5) is 0 Å². The Morgan fingerprint density at radius 2 is 1.79 bits per heavy atom. The topological polar surface area (TPSA) is 76.8 Å². The summed E-state index contributed by atoms with van der Waals surface area (Å²) in [5.74, 6) is -0.000331. The number of rotatable bonds is 7. The molecular formula is C15H24N4. The van der Waals surface area contributed by atoms with E-state index in [2.05, 4.69) is 36.2 Å². The highest BCUT2D eigenvalue weighted by atomic mass is 15.3. The first-order valence-electron chi connectivity index (χ1n) is 6.86. The summed E-state index contributed by atoms with van der Waals surface area (Å²) in [6, 6.07) is 8.18. The lowest BCUT2D eigenvalue weighted by Crippen LogP contribution is -2.22. The molecule has 0 bridgehead atoms. The Labute approximate surface area is 115 Å². The van der Waals surface area contributed by atoms with E-state index in [9.17, 15) is 0 Å². The van der Waals surface area contributed by atoms with Gasteiger partial charge in [0, 0.05) is 5.56 Å². The first-order valence-corrected chi connectivity index (χ1v) is 6.86. The summed E-state index contributed by atoms with van der Waals surface area (Å²) in [6.45, 7) is 4.28. The molecule has 4 nitrogen and oxygen atoms in total. The van der Waals surface area contributed by atoms with Gasteiger partial charge in [-0.15, -0.1) is 5.10 Å². The molecule has 0 unspecified atom stereocenters. The molecule has 1 aromatic rings. The Bertz CT molecular complexity index is 445. The molecule has 0 aromatic heterocycles. The van der Waals surface area contributed by atoms with E-state index in [0.29, 0.717) is 0 Å². The fourth-order valence-corrected chi connectivity index (χ4v) is 1.97. The Balaban J connectivity index is 2.84. The molecule has 0 aliphatic heterocycles. The van der Waals surface area contributed by atoms with Gasteiger partial charge in [-0.25, -0.2) is 0 Å². The summed E-state index contributed by atoms with van der Waals surface area (Å²) in [6.07, 6.45) is 5.71.